The molecule has 2 heterocycles. The van der Waals surface area contributed by atoms with E-state index in [-0.39, 0.29) is 6.61 Å². The van der Waals surface area contributed by atoms with Crippen LogP contribution in [0.15, 0.2) is 36.4 Å². The third-order valence-electron chi connectivity index (χ3n) is 3.07. The highest BCUT2D eigenvalue weighted by Crippen LogP contribution is 2.30. The molecule has 0 radical (unpaired) electrons. The van der Waals surface area contributed by atoms with E-state index in [1.807, 2.05) is 44.3 Å². The number of aliphatic hydroxyl groups is 1. The molecule has 5 nitrogen and oxygen atoms in total. The Hall–Kier alpha value is -2.40. The normalized spacial score (nSPS) is 10.9. The van der Waals surface area contributed by atoms with E-state index < -0.39 is 0 Å². The van der Waals surface area contributed by atoms with Crippen LogP contribution in [-0.2, 0) is 13.7 Å². The standard InChI is InChI=1S/C15H15N3O2/c1-10-7-15(18(2)17-10)20-14-8-11(9-19)16-13-6-4-3-5-12(13)14/h3-8,19H,9H2,1-2H3. The Morgan fingerprint density at radius 2 is 2.05 bits per heavy atom. The zero-order valence-electron chi connectivity index (χ0n) is 11.4. The minimum absolute atomic E-state index is 0.119. The Morgan fingerprint density at radius 1 is 1.25 bits per heavy atom. The van der Waals surface area contributed by atoms with Crippen LogP contribution in [0.1, 0.15) is 11.4 Å². The van der Waals surface area contributed by atoms with Crippen molar-refractivity contribution in [3.05, 3.63) is 47.8 Å². The molecule has 0 amide bonds. The van der Waals surface area contributed by atoms with Gasteiger partial charge in [0.1, 0.15) is 5.75 Å². The van der Waals surface area contributed by atoms with Gasteiger partial charge < -0.3 is 9.84 Å². The van der Waals surface area contributed by atoms with E-state index in [9.17, 15) is 5.11 Å². The molecule has 0 fully saturated rings. The Kier molecular flexibility index (Phi) is 3.12. The first-order valence-electron chi connectivity index (χ1n) is 6.35. The minimum Gasteiger partial charge on any atom is -0.439 e. The number of benzene rings is 1. The molecule has 0 saturated carbocycles. The zero-order chi connectivity index (χ0) is 14.1. The van der Waals surface area contributed by atoms with Gasteiger partial charge in [0.15, 0.2) is 0 Å². The quantitative estimate of drug-likeness (QED) is 0.793. The number of hydrogen-bond donors (Lipinski definition) is 1. The van der Waals surface area contributed by atoms with Gasteiger partial charge >= 0.3 is 0 Å². The third-order valence-corrected chi connectivity index (χ3v) is 3.07. The lowest BCUT2D eigenvalue weighted by Gasteiger charge is -2.10. The molecule has 20 heavy (non-hydrogen) atoms. The van der Waals surface area contributed by atoms with Crippen LogP contribution in [0.25, 0.3) is 10.9 Å². The lowest BCUT2D eigenvalue weighted by molar-refractivity contribution is 0.276. The topological polar surface area (TPSA) is 60.2 Å². The average molecular weight is 269 g/mol. The maximum absolute atomic E-state index is 9.31. The number of ether oxygens (including phenoxy) is 1. The predicted molar refractivity (Wildman–Crippen MR) is 75.7 cm³/mol. The number of aryl methyl sites for hydroxylation is 2. The van der Waals surface area contributed by atoms with Crippen LogP contribution in [0.2, 0.25) is 0 Å². The lowest BCUT2D eigenvalue weighted by Crippen LogP contribution is -1.98. The fraction of sp³-hybridized carbons (Fsp3) is 0.200. The number of rotatable bonds is 3. The second-order valence-electron chi connectivity index (χ2n) is 4.64. The molecule has 0 aliphatic rings. The van der Waals surface area contributed by atoms with Crippen LogP contribution in [0.5, 0.6) is 11.6 Å². The fourth-order valence-corrected chi connectivity index (χ4v) is 2.16. The van der Waals surface area contributed by atoms with Crippen LogP contribution in [0.4, 0.5) is 0 Å². The first kappa shape index (κ1) is 12.6. The smallest absolute Gasteiger partial charge is 0.217 e. The maximum Gasteiger partial charge on any atom is 0.217 e. The number of fused-ring (bicyclic) bond motifs is 1. The van der Waals surface area contributed by atoms with E-state index in [0.29, 0.717) is 17.3 Å². The van der Waals surface area contributed by atoms with Gasteiger partial charge in [-0.15, -0.1) is 0 Å². The molecule has 3 rings (SSSR count). The molecule has 0 saturated heterocycles. The zero-order valence-corrected chi connectivity index (χ0v) is 11.4. The Labute approximate surface area is 116 Å². The van der Waals surface area contributed by atoms with Crippen LogP contribution >= 0.6 is 0 Å². The highest BCUT2D eigenvalue weighted by Gasteiger charge is 2.10. The molecular formula is C15H15N3O2. The molecule has 0 aliphatic carbocycles. The summed E-state index contributed by atoms with van der Waals surface area (Å²) in [6, 6.07) is 11.3. The largest absolute Gasteiger partial charge is 0.439 e. The van der Waals surface area contributed by atoms with E-state index in [1.54, 1.807) is 10.7 Å². The summed E-state index contributed by atoms with van der Waals surface area (Å²) >= 11 is 0. The van der Waals surface area contributed by atoms with Gasteiger partial charge in [0.05, 0.1) is 23.5 Å². The number of pyridine rings is 1. The van der Waals surface area contributed by atoms with Crippen molar-refractivity contribution in [3.8, 4) is 11.6 Å². The number of nitrogens with zero attached hydrogens (tertiary/aromatic N) is 3. The summed E-state index contributed by atoms with van der Waals surface area (Å²) in [7, 11) is 1.83. The van der Waals surface area contributed by atoms with Crippen molar-refractivity contribution in [2.75, 3.05) is 0 Å². The Balaban J connectivity index is 2.12. The predicted octanol–water partition coefficient (Wildman–Crippen LogP) is 2.56. The van der Waals surface area contributed by atoms with E-state index in [0.717, 1.165) is 16.6 Å². The molecule has 1 N–H and O–H groups in total. The van der Waals surface area contributed by atoms with Gasteiger partial charge in [0, 0.05) is 24.6 Å². The van der Waals surface area contributed by atoms with Crippen molar-refractivity contribution in [3.63, 3.8) is 0 Å². The Bertz CT molecular complexity index is 765. The molecule has 0 unspecified atom stereocenters. The summed E-state index contributed by atoms with van der Waals surface area (Å²) in [5.41, 5.74) is 2.27. The summed E-state index contributed by atoms with van der Waals surface area (Å²) in [5, 5.41) is 14.5. The van der Waals surface area contributed by atoms with Gasteiger partial charge in [-0.2, -0.15) is 5.10 Å². The Morgan fingerprint density at radius 3 is 2.75 bits per heavy atom. The first-order chi connectivity index (χ1) is 9.67. The number of aromatic nitrogens is 3. The highest BCUT2D eigenvalue weighted by atomic mass is 16.5. The molecule has 102 valence electrons. The second kappa shape index (κ2) is 4.94. The van der Waals surface area contributed by atoms with Crippen LogP contribution in [0.3, 0.4) is 0 Å². The van der Waals surface area contributed by atoms with Gasteiger partial charge in [-0.3, -0.25) is 4.98 Å². The van der Waals surface area contributed by atoms with Crippen LogP contribution in [0, 0.1) is 6.92 Å². The van der Waals surface area contributed by atoms with Crippen LogP contribution in [-0.4, -0.2) is 19.9 Å². The van der Waals surface area contributed by atoms with Gasteiger partial charge in [0.2, 0.25) is 5.88 Å². The maximum atomic E-state index is 9.31. The number of aliphatic hydroxyl groups excluding tert-OH is 1. The van der Waals surface area contributed by atoms with Crippen molar-refractivity contribution in [1.82, 2.24) is 14.8 Å². The first-order valence-corrected chi connectivity index (χ1v) is 6.35. The number of hydrogen-bond acceptors (Lipinski definition) is 4. The molecule has 2 aromatic heterocycles. The second-order valence-corrected chi connectivity index (χ2v) is 4.64. The van der Waals surface area contributed by atoms with E-state index in [2.05, 4.69) is 10.1 Å². The minimum atomic E-state index is -0.119. The molecule has 0 aliphatic heterocycles. The van der Waals surface area contributed by atoms with E-state index in [4.69, 9.17) is 4.74 Å². The molecule has 3 aromatic rings. The average Bonchev–Trinajstić information content (AvgIpc) is 2.76. The monoisotopic (exact) mass is 269 g/mol. The third kappa shape index (κ3) is 2.23. The van der Waals surface area contributed by atoms with Gasteiger partial charge in [-0.05, 0) is 19.1 Å². The van der Waals surface area contributed by atoms with Crippen LogP contribution < -0.4 is 4.74 Å². The molecule has 1 aromatic carbocycles. The summed E-state index contributed by atoms with van der Waals surface area (Å²) in [6.07, 6.45) is 0. The summed E-state index contributed by atoms with van der Waals surface area (Å²) in [5.74, 6) is 1.32. The van der Waals surface area contributed by atoms with Crippen molar-refractivity contribution in [2.45, 2.75) is 13.5 Å². The molecule has 5 heteroatoms. The lowest BCUT2D eigenvalue weighted by atomic mass is 10.2. The summed E-state index contributed by atoms with van der Waals surface area (Å²) in [6.45, 7) is 1.79. The van der Waals surface area contributed by atoms with Crippen molar-refractivity contribution in [1.29, 1.82) is 0 Å². The van der Waals surface area contributed by atoms with Gasteiger partial charge in [0.25, 0.3) is 0 Å². The van der Waals surface area contributed by atoms with Crippen molar-refractivity contribution < 1.29 is 9.84 Å². The van der Waals surface area contributed by atoms with Crippen molar-refractivity contribution >= 4 is 10.9 Å². The van der Waals surface area contributed by atoms with Crippen molar-refractivity contribution in [2.24, 2.45) is 7.05 Å². The number of para-hydroxylation sites is 1. The summed E-state index contributed by atoms with van der Waals surface area (Å²) in [4.78, 5) is 4.37. The van der Waals surface area contributed by atoms with E-state index >= 15 is 0 Å². The van der Waals surface area contributed by atoms with E-state index in [1.165, 1.54) is 0 Å². The summed E-state index contributed by atoms with van der Waals surface area (Å²) < 4.78 is 7.62. The highest BCUT2D eigenvalue weighted by molar-refractivity contribution is 5.85. The van der Waals surface area contributed by atoms with Gasteiger partial charge in [-0.25, -0.2) is 4.68 Å². The molecule has 0 atom stereocenters. The molecule has 0 spiro atoms. The fourth-order valence-electron chi connectivity index (χ4n) is 2.16. The SMILES string of the molecule is Cc1cc(Oc2cc(CO)nc3ccccc23)n(C)n1. The molecule has 0 bridgehead atoms. The molecular weight excluding hydrogens is 254 g/mol. The van der Waals surface area contributed by atoms with Gasteiger partial charge in [-0.1, -0.05) is 12.1 Å².